The first-order valence-corrected chi connectivity index (χ1v) is 10.3. The van der Waals surface area contributed by atoms with Gasteiger partial charge in [0.1, 0.15) is 11.9 Å². The van der Waals surface area contributed by atoms with Crippen molar-refractivity contribution in [3.05, 3.63) is 59.4 Å². The number of carbonyl (C=O) groups is 3. The van der Waals surface area contributed by atoms with Crippen LogP contribution in [0.2, 0.25) is 0 Å². The van der Waals surface area contributed by atoms with Crippen molar-refractivity contribution in [1.29, 1.82) is 0 Å². The average molecular weight is 417 g/mol. The first kappa shape index (κ1) is 19.1. The van der Waals surface area contributed by atoms with Crippen molar-refractivity contribution in [1.82, 2.24) is 10.2 Å². The van der Waals surface area contributed by atoms with Crippen molar-refractivity contribution >= 4 is 33.4 Å². The lowest BCUT2D eigenvalue weighted by Crippen LogP contribution is -2.52. The van der Waals surface area contributed by atoms with Gasteiger partial charge in [-0.3, -0.25) is 24.4 Å². The third kappa shape index (κ3) is 3.58. The number of nitrogens with zero attached hydrogens (tertiary/aromatic N) is 1. The summed E-state index contributed by atoms with van der Waals surface area (Å²) in [6, 6.07) is 8.15. The summed E-state index contributed by atoms with van der Waals surface area (Å²) in [7, 11) is -3.96. The fourth-order valence-corrected chi connectivity index (χ4v) is 4.50. The smallest absolute Gasteiger partial charge is 0.261 e. The number of fused-ring (bicyclic) bond motifs is 1. The van der Waals surface area contributed by atoms with Crippen LogP contribution in [0.5, 0.6) is 0 Å². The summed E-state index contributed by atoms with van der Waals surface area (Å²) in [6.45, 7) is 0.200. The van der Waals surface area contributed by atoms with Gasteiger partial charge in [0, 0.05) is 24.2 Å². The molecule has 0 saturated carbocycles. The minimum absolute atomic E-state index is 0.115. The lowest BCUT2D eigenvalue weighted by atomic mass is 10.0. The average Bonchev–Trinajstić information content (AvgIpc) is 2.98. The Kier molecular flexibility index (Phi) is 4.58. The van der Waals surface area contributed by atoms with Gasteiger partial charge in [-0.15, -0.1) is 0 Å². The van der Waals surface area contributed by atoms with E-state index in [-0.39, 0.29) is 41.4 Å². The van der Waals surface area contributed by atoms with Crippen LogP contribution in [-0.4, -0.2) is 37.1 Å². The molecule has 0 bridgehead atoms. The highest BCUT2D eigenvalue weighted by Crippen LogP contribution is 2.30. The van der Waals surface area contributed by atoms with Gasteiger partial charge in [-0.25, -0.2) is 12.8 Å². The predicted molar refractivity (Wildman–Crippen MR) is 99.7 cm³/mol. The zero-order chi connectivity index (χ0) is 20.8. The number of nitrogens with one attached hydrogen (secondary N) is 2. The van der Waals surface area contributed by atoms with Gasteiger partial charge in [-0.2, -0.15) is 0 Å². The fourth-order valence-electron chi connectivity index (χ4n) is 3.45. The molecule has 0 radical (unpaired) electrons. The first-order valence-electron chi connectivity index (χ1n) is 8.80. The number of amides is 3. The molecule has 2 aromatic carbocycles. The van der Waals surface area contributed by atoms with Crippen LogP contribution in [0.15, 0.2) is 47.4 Å². The van der Waals surface area contributed by atoms with E-state index in [0.717, 1.165) is 24.3 Å². The molecule has 29 heavy (non-hydrogen) atoms. The van der Waals surface area contributed by atoms with Gasteiger partial charge in [-0.05, 0) is 48.4 Å². The zero-order valence-corrected chi connectivity index (χ0v) is 15.8. The molecule has 1 unspecified atom stereocenters. The standard InChI is InChI=1S/C19H16FN3O5S/c20-12-2-5-14(6-3-12)29(27,28)22-13-4-1-11-10-23(19(26)15(11)9-13)16-7-8-17(24)21-18(16)25/h1-6,9,16,22H,7-8,10H2,(H,21,24,25). The molecule has 150 valence electrons. The molecule has 4 rings (SSSR count). The minimum Gasteiger partial charge on any atom is -0.322 e. The summed E-state index contributed by atoms with van der Waals surface area (Å²) in [5, 5.41) is 2.23. The van der Waals surface area contributed by atoms with Crippen molar-refractivity contribution < 1.29 is 27.2 Å². The molecule has 1 fully saturated rings. The molecule has 3 amide bonds. The maximum Gasteiger partial charge on any atom is 0.261 e. The second-order valence-corrected chi connectivity index (χ2v) is 8.51. The third-order valence-corrected chi connectivity index (χ3v) is 6.30. The molecule has 1 atom stereocenters. The Morgan fingerprint density at radius 1 is 1.07 bits per heavy atom. The summed E-state index contributed by atoms with van der Waals surface area (Å²) in [6.07, 6.45) is 0.397. The second-order valence-electron chi connectivity index (χ2n) is 6.83. The predicted octanol–water partition coefficient (Wildman–Crippen LogP) is 1.39. The molecular weight excluding hydrogens is 401 g/mol. The maximum absolute atomic E-state index is 13.0. The second kappa shape index (κ2) is 6.96. The van der Waals surface area contributed by atoms with Crippen LogP contribution in [0.3, 0.4) is 0 Å². The van der Waals surface area contributed by atoms with Crippen LogP contribution in [-0.2, 0) is 26.2 Å². The Bertz CT molecular complexity index is 1130. The number of imide groups is 1. The van der Waals surface area contributed by atoms with Crippen LogP contribution < -0.4 is 10.0 Å². The Morgan fingerprint density at radius 2 is 1.79 bits per heavy atom. The van der Waals surface area contributed by atoms with E-state index in [4.69, 9.17) is 0 Å². The quantitative estimate of drug-likeness (QED) is 0.730. The Labute approximate surface area is 165 Å². The van der Waals surface area contributed by atoms with E-state index in [1.807, 2.05) is 0 Å². The maximum atomic E-state index is 13.0. The monoisotopic (exact) mass is 417 g/mol. The van der Waals surface area contributed by atoms with Crippen molar-refractivity contribution in [3.63, 3.8) is 0 Å². The molecule has 10 heteroatoms. The van der Waals surface area contributed by atoms with Crippen LogP contribution in [0.4, 0.5) is 10.1 Å². The first-order chi connectivity index (χ1) is 13.7. The van der Waals surface area contributed by atoms with Gasteiger partial charge < -0.3 is 4.90 Å². The lowest BCUT2D eigenvalue weighted by Gasteiger charge is -2.29. The highest BCUT2D eigenvalue weighted by Gasteiger charge is 2.39. The number of piperidine rings is 1. The van der Waals surface area contributed by atoms with Gasteiger partial charge in [0.05, 0.1) is 4.90 Å². The number of halogens is 1. The lowest BCUT2D eigenvalue weighted by molar-refractivity contribution is -0.136. The summed E-state index contributed by atoms with van der Waals surface area (Å²) in [5.41, 5.74) is 1.12. The van der Waals surface area contributed by atoms with Crippen molar-refractivity contribution in [2.45, 2.75) is 30.3 Å². The van der Waals surface area contributed by atoms with E-state index in [9.17, 15) is 27.2 Å². The molecule has 2 N–H and O–H groups in total. The molecule has 2 heterocycles. The Balaban J connectivity index is 1.56. The van der Waals surface area contributed by atoms with E-state index in [1.54, 1.807) is 6.07 Å². The van der Waals surface area contributed by atoms with Gasteiger partial charge in [-0.1, -0.05) is 6.07 Å². The van der Waals surface area contributed by atoms with Crippen molar-refractivity contribution in [2.75, 3.05) is 4.72 Å². The third-order valence-electron chi connectivity index (χ3n) is 4.90. The van der Waals surface area contributed by atoms with Crippen molar-refractivity contribution in [2.24, 2.45) is 0 Å². The molecule has 8 nitrogen and oxygen atoms in total. The fraction of sp³-hybridized carbons (Fsp3) is 0.211. The van der Waals surface area contributed by atoms with Crippen LogP contribution in [0, 0.1) is 5.82 Å². The molecule has 2 aliphatic heterocycles. The number of benzene rings is 2. The summed E-state index contributed by atoms with van der Waals surface area (Å²) in [5.74, 6) is -1.84. The van der Waals surface area contributed by atoms with E-state index in [0.29, 0.717) is 5.56 Å². The number of anilines is 1. The number of rotatable bonds is 4. The van der Waals surface area contributed by atoms with Gasteiger partial charge in [0.15, 0.2) is 0 Å². The number of hydrogen-bond donors (Lipinski definition) is 2. The van der Waals surface area contributed by atoms with Gasteiger partial charge in [0.2, 0.25) is 11.8 Å². The molecule has 2 aliphatic rings. The SMILES string of the molecule is O=C1CCC(N2Cc3ccc(NS(=O)(=O)c4ccc(F)cc4)cc3C2=O)C(=O)N1. The molecule has 1 saturated heterocycles. The summed E-state index contributed by atoms with van der Waals surface area (Å²) < 4.78 is 40.3. The normalized spacial score (nSPS) is 19.1. The molecule has 0 aromatic heterocycles. The van der Waals surface area contributed by atoms with Crippen molar-refractivity contribution in [3.8, 4) is 0 Å². The van der Waals surface area contributed by atoms with E-state index in [1.165, 1.54) is 17.0 Å². The van der Waals surface area contributed by atoms with Gasteiger partial charge in [0.25, 0.3) is 15.9 Å². The van der Waals surface area contributed by atoms with E-state index in [2.05, 4.69) is 10.0 Å². The topological polar surface area (TPSA) is 113 Å². The number of carbonyl (C=O) groups excluding carboxylic acids is 3. The number of hydrogen-bond acceptors (Lipinski definition) is 5. The summed E-state index contributed by atoms with van der Waals surface area (Å²) >= 11 is 0. The highest BCUT2D eigenvalue weighted by atomic mass is 32.2. The minimum atomic E-state index is -3.96. The van der Waals surface area contributed by atoms with Gasteiger partial charge >= 0.3 is 0 Å². The van der Waals surface area contributed by atoms with Crippen LogP contribution in [0.1, 0.15) is 28.8 Å². The number of sulfonamides is 1. The van der Waals surface area contributed by atoms with Crippen LogP contribution in [0.25, 0.3) is 0 Å². The molecule has 0 aliphatic carbocycles. The highest BCUT2D eigenvalue weighted by molar-refractivity contribution is 7.92. The van der Waals surface area contributed by atoms with E-state index >= 15 is 0 Å². The molecule has 2 aromatic rings. The Morgan fingerprint density at radius 3 is 2.48 bits per heavy atom. The van der Waals surface area contributed by atoms with Crippen LogP contribution >= 0.6 is 0 Å². The summed E-state index contributed by atoms with van der Waals surface area (Å²) in [4.78, 5) is 37.5. The largest absolute Gasteiger partial charge is 0.322 e. The van der Waals surface area contributed by atoms with E-state index < -0.39 is 33.7 Å². The molecule has 0 spiro atoms. The Hall–Kier alpha value is -3.27. The zero-order valence-electron chi connectivity index (χ0n) is 15.0. The molecular formula is C19H16FN3O5S.